The first kappa shape index (κ1) is 17.2. The Labute approximate surface area is 160 Å². The fourth-order valence-corrected chi connectivity index (χ4v) is 4.46. The Kier molecular flexibility index (Phi) is 4.60. The van der Waals surface area contributed by atoms with Gasteiger partial charge in [0.15, 0.2) is 6.29 Å². The number of carbonyl (C=O) groups excluding carboxylic acids is 2. The molecular weight excluding hydrogens is 358 g/mol. The summed E-state index contributed by atoms with van der Waals surface area (Å²) in [5, 5.41) is 0. The van der Waals surface area contributed by atoms with Gasteiger partial charge in [-0.1, -0.05) is 42.5 Å². The maximum absolute atomic E-state index is 12.1. The minimum atomic E-state index is -0.398. The van der Waals surface area contributed by atoms with E-state index < -0.39 is 5.97 Å². The normalized spacial score (nSPS) is 11.4. The predicted molar refractivity (Wildman–Crippen MR) is 109 cm³/mol. The summed E-state index contributed by atoms with van der Waals surface area (Å²) in [6.45, 7) is 2.09. The summed E-state index contributed by atoms with van der Waals surface area (Å²) in [7, 11) is 0. The van der Waals surface area contributed by atoms with Gasteiger partial charge in [-0.2, -0.15) is 0 Å². The molecule has 4 rings (SSSR count). The van der Waals surface area contributed by atoms with E-state index in [0.29, 0.717) is 12.3 Å². The highest BCUT2D eigenvalue weighted by atomic mass is 32.1. The minimum Gasteiger partial charge on any atom is -0.463 e. The average molecular weight is 375 g/mol. The van der Waals surface area contributed by atoms with Crippen LogP contribution in [0.4, 0.5) is 0 Å². The summed E-state index contributed by atoms with van der Waals surface area (Å²) >= 11 is 1.60. The van der Waals surface area contributed by atoms with Gasteiger partial charge in [0, 0.05) is 17.2 Å². The Morgan fingerprint density at radius 1 is 1.11 bits per heavy atom. The van der Waals surface area contributed by atoms with E-state index in [2.05, 4.69) is 0 Å². The molecule has 2 aromatic carbocycles. The number of ether oxygens (including phenoxy) is 1. The van der Waals surface area contributed by atoms with Crippen molar-refractivity contribution in [1.29, 1.82) is 0 Å². The van der Waals surface area contributed by atoms with E-state index in [0.717, 1.165) is 38.0 Å². The third-order valence-corrected chi connectivity index (χ3v) is 5.52. The Hall–Kier alpha value is -3.18. The largest absolute Gasteiger partial charge is 0.463 e. The van der Waals surface area contributed by atoms with Crippen LogP contribution < -0.4 is 0 Å². The van der Waals surface area contributed by atoms with Crippen LogP contribution >= 0.6 is 11.3 Å². The molecule has 134 valence electrons. The van der Waals surface area contributed by atoms with Crippen molar-refractivity contribution in [3.63, 3.8) is 0 Å². The molecule has 5 heteroatoms. The van der Waals surface area contributed by atoms with Crippen LogP contribution in [0, 0.1) is 0 Å². The molecule has 2 aromatic heterocycles. The molecule has 4 nitrogen and oxygen atoms in total. The number of hydrogen-bond acceptors (Lipinski definition) is 4. The van der Waals surface area contributed by atoms with Crippen molar-refractivity contribution in [2.45, 2.75) is 6.92 Å². The number of rotatable bonds is 5. The molecular formula is C22H17NO3S. The fourth-order valence-electron chi connectivity index (χ4n) is 3.27. The lowest BCUT2D eigenvalue weighted by molar-refractivity contribution is -0.137. The molecule has 0 saturated heterocycles. The molecule has 0 bridgehead atoms. The molecule has 27 heavy (non-hydrogen) atoms. The topological polar surface area (TPSA) is 47.8 Å². The van der Waals surface area contributed by atoms with Crippen molar-refractivity contribution in [2.24, 2.45) is 0 Å². The van der Waals surface area contributed by atoms with Crippen molar-refractivity contribution < 1.29 is 14.3 Å². The minimum absolute atomic E-state index is 0.322. The van der Waals surface area contributed by atoms with E-state index in [1.165, 1.54) is 6.08 Å². The first-order valence-electron chi connectivity index (χ1n) is 8.66. The summed E-state index contributed by atoms with van der Waals surface area (Å²) in [6, 6.07) is 17.7. The van der Waals surface area contributed by atoms with Crippen LogP contribution in [0.2, 0.25) is 0 Å². The number of aldehydes is 1. The molecule has 0 aliphatic carbocycles. The number of nitrogens with zero attached hydrogens (tertiary/aromatic N) is 1. The maximum Gasteiger partial charge on any atom is 0.330 e. The first-order valence-corrected chi connectivity index (χ1v) is 9.47. The summed E-state index contributed by atoms with van der Waals surface area (Å²) in [6.07, 6.45) is 4.05. The smallest absolute Gasteiger partial charge is 0.330 e. The zero-order chi connectivity index (χ0) is 18.8. The highest BCUT2D eigenvalue weighted by molar-refractivity contribution is 7.24. The lowest BCUT2D eigenvalue weighted by atomic mass is 10.0. The molecule has 0 atom stereocenters. The van der Waals surface area contributed by atoms with E-state index in [1.807, 2.05) is 59.0 Å². The summed E-state index contributed by atoms with van der Waals surface area (Å²) in [5.74, 6) is -0.398. The zero-order valence-electron chi connectivity index (χ0n) is 14.7. The number of aromatic nitrogens is 1. The van der Waals surface area contributed by atoms with Gasteiger partial charge in [0.1, 0.15) is 4.83 Å². The second kappa shape index (κ2) is 7.21. The molecule has 0 fully saturated rings. The van der Waals surface area contributed by atoms with E-state index in [1.54, 1.807) is 24.3 Å². The molecule has 0 saturated carbocycles. The van der Waals surface area contributed by atoms with E-state index in [9.17, 15) is 9.59 Å². The monoisotopic (exact) mass is 375 g/mol. The van der Waals surface area contributed by atoms with Crippen molar-refractivity contribution in [3.8, 4) is 11.1 Å². The van der Waals surface area contributed by atoms with Gasteiger partial charge in [0.25, 0.3) is 0 Å². The van der Waals surface area contributed by atoms with Gasteiger partial charge >= 0.3 is 5.97 Å². The first-order chi connectivity index (χ1) is 13.2. The van der Waals surface area contributed by atoms with E-state index in [-0.39, 0.29) is 0 Å². The van der Waals surface area contributed by atoms with Crippen LogP contribution in [0.1, 0.15) is 23.0 Å². The van der Waals surface area contributed by atoms with Crippen molar-refractivity contribution in [3.05, 3.63) is 71.9 Å². The SMILES string of the molecule is CCOC(=O)/C=C/c1c(-c2ccccc2)c(C=O)n2c1sc1ccccc12. The van der Waals surface area contributed by atoms with Gasteiger partial charge < -0.3 is 4.74 Å². The second-order valence-corrected chi connectivity index (χ2v) is 6.98. The molecule has 0 aliphatic rings. The van der Waals surface area contributed by atoms with Crippen molar-refractivity contribution in [1.82, 2.24) is 4.40 Å². The summed E-state index contributed by atoms with van der Waals surface area (Å²) in [4.78, 5) is 24.9. The highest BCUT2D eigenvalue weighted by Crippen LogP contribution is 2.40. The van der Waals surface area contributed by atoms with Gasteiger partial charge in [-0.25, -0.2) is 4.79 Å². The maximum atomic E-state index is 12.1. The molecule has 2 heterocycles. The van der Waals surface area contributed by atoms with Crippen LogP contribution in [-0.4, -0.2) is 23.3 Å². The zero-order valence-corrected chi connectivity index (χ0v) is 15.5. The van der Waals surface area contributed by atoms with Crippen LogP contribution in [0.3, 0.4) is 0 Å². The summed E-state index contributed by atoms with van der Waals surface area (Å²) in [5.41, 5.74) is 4.16. The Morgan fingerprint density at radius 3 is 2.59 bits per heavy atom. The van der Waals surface area contributed by atoms with Crippen LogP contribution in [-0.2, 0) is 9.53 Å². The van der Waals surface area contributed by atoms with E-state index in [4.69, 9.17) is 4.74 Å². The molecule has 0 unspecified atom stereocenters. The number of thiazole rings is 1. The third-order valence-electron chi connectivity index (χ3n) is 4.36. The van der Waals surface area contributed by atoms with Crippen molar-refractivity contribution in [2.75, 3.05) is 6.61 Å². The third kappa shape index (κ3) is 2.96. The van der Waals surface area contributed by atoms with Gasteiger partial charge in [-0.05, 0) is 30.7 Å². The van der Waals surface area contributed by atoms with Gasteiger partial charge in [-0.15, -0.1) is 11.3 Å². The number of para-hydroxylation sites is 1. The number of benzene rings is 2. The van der Waals surface area contributed by atoms with Gasteiger partial charge in [0.2, 0.25) is 0 Å². The number of hydrogen-bond donors (Lipinski definition) is 0. The number of fused-ring (bicyclic) bond motifs is 3. The second-order valence-electron chi connectivity index (χ2n) is 5.95. The number of esters is 1. The molecule has 0 spiro atoms. The highest BCUT2D eigenvalue weighted by Gasteiger charge is 2.21. The molecule has 4 aromatic rings. The molecule has 0 amide bonds. The lowest BCUT2D eigenvalue weighted by Gasteiger charge is -2.03. The average Bonchev–Trinajstić information content (AvgIpc) is 3.21. The van der Waals surface area contributed by atoms with Gasteiger partial charge in [0.05, 0.1) is 22.5 Å². The number of carbonyl (C=O) groups is 2. The molecule has 0 aliphatic heterocycles. The van der Waals surface area contributed by atoms with Crippen LogP contribution in [0.5, 0.6) is 0 Å². The Balaban J connectivity index is 2.05. The summed E-state index contributed by atoms with van der Waals surface area (Å²) < 4.78 is 8.07. The standard InChI is InChI=1S/C22H17NO3S/c1-2-26-20(25)13-12-16-21(15-8-4-3-5-9-15)18(14-24)23-17-10-6-7-11-19(17)27-22(16)23/h3-14H,2H2,1H3/b13-12+. The lowest BCUT2D eigenvalue weighted by Crippen LogP contribution is -1.98. The molecule has 0 radical (unpaired) electrons. The van der Waals surface area contributed by atoms with Crippen molar-refractivity contribution >= 4 is 44.7 Å². The van der Waals surface area contributed by atoms with Crippen LogP contribution in [0.15, 0.2) is 60.7 Å². The quantitative estimate of drug-likeness (QED) is 0.273. The van der Waals surface area contributed by atoms with Crippen LogP contribution in [0.25, 0.3) is 32.2 Å². The fraction of sp³-hybridized carbons (Fsp3) is 0.0909. The predicted octanol–water partition coefficient (Wildman–Crippen LogP) is 5.21. The Morgan fingerprint density at radius 2 is 1.85 bits per heavy atom. The molecule has 0 N–H and O–H groups in total. The van der Waals surface area contributed by atoms with E-state index >= 15 is 0 Å². The van der Waals surface area contributed by atoms with Gasteiger partial charge in [-0.3, -0.25) is 9.20 Å². The Bertz CT molecular complexity index is 1170.